The van der Waals surface area contributed by atoms with E-state index in [2.05, 4.69) is 38.2 Å². The SMILES string of the molecule is CCCCCC=CCC=CCCCCCCCC(=O)OC[C@H](COP(=O)(O)OCCN)OC(=O)CCCCCCCCCCCCCCCCCCC. The van der Waals surface area contributed by atoms with Crippen molar-refractivity contribution in [2.24, 2.45) is 5.73 Å². The summed E-state index contributed by atoms with van der Waals surface area (Å²) in [4.78, 5) is 34.8. The molecule has 0 saturated heterocycles. The third-order valence-electron chi connectivity index (χ3n) is 9.34. The van der Waals surface area contributed by atoms with Crippen molar-refractivity contribution >= 4 is 19.8 Å². The van der Waals surface area contributed by atoms with Crippen LogP contribution in [0.3, 0.4) is 0 Å². The summed E-state index contributed by atoms with van der Waals surface area (Å²) >= 11 is 0. The summed E-state index contributed by atoms with van der Waals surface area (Å²) in [6, 6.07) is 0. The first-order chi connectivity index (χ1) is 25.8. The molecule has 10 heteroatoms. The minimum absolute atomic E-state index is 0.0530. The van der Waals surface area contributed by atoms with Crippen molar-refractivity contribution in [2.75, 3.05) is 26.4 Å². The van der Waals surface area contributed by atoms with Gasteiger partial charge in [0.15, 0.2) is 6.10 Å². The van der Waals surface area contributed by atoms with Crippen LogP contribution in [0.2, 0.25) is 0 Å². The molecule has 0 radical (unpaired) electrons. The molecule has 0 aromatic carbocycles. The fraction of sp³-hybridized carbons (Fsp3) is 0.860. The topological polar surface area (TPSA) is 134 Å². The van der Waals surface area contributed by atoms with E-state index < -0.39 is 32.5 Å². The number of hydrogen-bond donors (Lipinski definition) is 2. The molecule has 0 heterocycles. The highest BCUT2D eigenvalue weighted by Gasteiger charge is 2.26. The third kappa shape index (κ3) is 40.0. The minimum Gasteiger partial charge on any atom is -0.462 e. The van der Waals surface area contributed by atoms with Crippen molar-refractivity contribution in [3.05, 3.63) is 24.3 Å². The van der Waals surface area contributed by atoms with Crippen LogP contribution < -0.4 is 5.73 Å². The van der Waals surface area contributed by atoms with Gasteiger partial charge in [0, 0.05) is 19.4 Å². The molecule has 312 valence electrons. The number of phosphoric ester groups is 1. The lowest BCUT2D eigenvalue weighted by Gasteiger charge is -2.19. The lowest BCUT2D eigenvalue weighted by atomic mass is 10.0. The van der Waals surface area contributed by atoms with Gasteiger partial charge in [-0.2, -0.15) is 0 Å². The molecule has 2 atom stereocenters. The van der Waals surface area contributed by atoms with E-state index in [9.17, 15) is 19.0 Å². The number of hydrogen-bond acceptors (Lipinski definition) is 8. The molecule has 0 aliphatic rings. The third-order valence-corrected chi connectivity index (χ3v) is 10.3. The molecule has 0 aliphatic carbocycles. The normalized spacial score (nSPS) is 13.5. The van der Waals surface area contributed by atoms with Crippen LogP contribution in [0.5, 0.6) is 0 Å². The molecule has 3 N–H and O–H groups in total. The van der Waals surface area contributed by atoms with E-state index >= 15 is 0 Å². The van der Waals surface area contributed by atoms with Crippen LogP contribution >= 0.6 is 7.82 Å². The highest BCUT2D eigenvalue weighted by Crippen LogP contribution is 2.43. The fourth-order valence-electron chi connectivity index (χ4n) is 6.08. The zero-order valence-electron chi connectivity index (χ0n) is 34.3. The maximum Gasteiger partial charge on any atom is 0.472 e. The first-order valence-corrected chi connectivity index (χ1v) is 23.3. The summed E-state index contributed by atoms with van der Waals surface area (Å²) in [6.07, 6.45) is 42.0. The predicted molar refractivity (Wildman–Crippen MR) is 220 cm³/mol. The second-order valence-corrected chi connectivity index (χ2v) is 16.0. The Hall–Kier alpha value is -1.51. The molecule has 53 heavy (non-hydrogen) atoms. The van der Waals surface area contributed by atoms with E-state index in [1.807, 2.05) is 0 Å². The van der Waals surface area contributed by atoms with E-state index in [0.29, 0.717) is 6.42 Å². The minimum atomic E-state index is -4.37. The van der Waals surface area contributed by atoms with Crippen molar-refractivity contribution in [1.29, 1.82) is 0 Å². The smallest absolute Gasteiger partial charge is 0.462 e. The zero-order valence-corrected chi connectivity index (χ0v) is 35.2. The van der Waals surface area contributed by atoms with Gasteiger partial charge in [-0.25, -0.2) is 4.57 Å². The molecular weight excluding hydrogens is 689 g/mol. The molecular formula is C43H82NO8P. The number of ether oxygens (including phenoxy) is 2. The average Bonchev–Trinajstić information content (AvgIpc) is 3.14. The largest absolute Gasteiger partial charge is 0.472 e. The number of rotatable bonds is 41. The van der Waals surface area contributed by atoms with Gasteiger partial charge in [0.2, 0.25) is 0 Å². The summed E-state index contributed by atoms with van der Waals surface area (Å²) in [6.45, 7) is 3.71. The summed E-state index contributed by atoms with van der Waals surface area (Å²) in [5.41, 5.74) is 5.35. The van der Waals surface area contributed by atoms with Crippen LogP contribution in [-0.4, -0.2) is 49.3 Å². The van der Waals surface area contributed by atoms with E-state index in [1.54, 1.807) is 0 Å². The van der Waals surface area contributed by atoms with Crippen LogP contribution in [0.1, 0.15) is 206 Å². The van der Waals surface area contributed by atoms with Crippen LogP contribution in [0.25, 0.3) is 0 Å². The number of carbonyl (C=O) groups excluding carboxylic acids is 2. The Morgan fingerprint density at radius 2 is 0.981 bits per heavy atom. The lowest BCUT2D eigenvalue weighted by Crippen LogP contribution is -2.29. The van der Waals surface area contributed by atoms with Gasteiger partial charge < -0.3 is 20.1 Å². The Balaban J connectivity index is 4.14. The summed E-state index contributed by atoms with van der Waals surface area (Å²) in [5, 5.41) is 0. The summed E-state index contributed by atoms with van der Waals surface area (Å²) in [7, 11) is -4.37. The molecule has 9 nitrogen and oxygen atoms in total. The van der Waals surface area contributed by atoms with Crippen molar-refractivity contribution in [2.45, 2.75) is 213 Å². The Morgan fingerprint density at radius 1 is 0.566 bits per heavy atom. The highest BCUT2D eigenvalue weighted by atomic mass is 31.2. The van der Waals surface area contributed by atoms with Gasteiger partial charge in [-0.15, -0.1) is 0 Å². The van der Waals surface area contributed by atoms with E-state index in [1.165, 1.54) is 116 Å². The summed E-state index contributed by atoms with van der Waals surface area (Å²) < 4.78 is 32.8. The van der Waals surface area contributed by atoms with Gasteiger partial charge >= 0.3 is 19.8 Å². The molecule has 0 fully saturated rings. The zero-order chi connectivity index (χ0) is 38.9. The molecule has 0 aromatic heterocycles. The number of allylic oxidation sites excluding steroid dienone is 4. The highest BCUT2D eigenvalue weighted by molar-refractivity contribution is 7.47. The maximum atomic E-state index is 12.6. The van der Waals surface area contributed by atoms with E-state index in [0.717, 1.165) is 57.8 Å². The number of carbonyl (C=O) groups is 2. The van der Waals surface area contributed by atoms with Gasteiger partial charge in [-0.05, 0) is 44.9 Å². The second kappa shape index (κ2) is 40.2. The molecule has 1 unspecified atom stereocenters. The van der Waals surface area contributed by atoms with Gasteiger partial charge in [0.25, 0.3) is 0 Å². The maximum absolute atomic E-state index is 12.6. The Morgan fingerprint density at radius 3 is 1.47 bits per heavy atom. The van der Waals surface area contributed by atoms with Gasteiger partial charge in [-0.1, -0.05) is 173 Å². The van der Waals surface area contributed by atoms with Crippen LogP contribution in [0.15, 0.2) is 24.3 Å². The quantitative estimate of drug-likeness (QED) is 0.0269. The van der Waals surface area contributed by atoms with Crippen molar-refractivity contribution in [3.63, 3.8) is 0 Å². The fourth-order valence-corrected chi connectivity index (χ4v) is 6.84. The van der Waals surface area contributed by atoms with Crippen LogP contribution in [0.4, 0.5) is 0 Å². The first kappa shape index (κ1) is 51.5. The summed E-state index contributed by atoms with van der Waals surface area (Å²) in [5.74, 6) is -0.837. The Labute approximate surface area is 325 Å². The second-order valence-electron chi connectivity index (χ2n) is 14.6. The number of unbranched alkanes of at least 4 members (excludes halogenated alkanes) is 24. The molecule has 0 saturated carbocycles. The van der Waals surface area contributed by atoms with Crippen LogP contribution in [0, 0.1) is 0 Å². The number of nitrogens with two attached hydrogens (primary N) is 1. The van der Waals surface area contributed by atoms with Crippen LogP contribution in [-0.2, 0) is 32.7 Å². The van der Waals surface area contributed by atoms with Gasteiger partial charge in [0.1, 0.15) is 6.61 Å². The molecule has 0 bridgehead atoms. The average molecular weight is 772 g/mol. The van der Waals surface area contributed by atoms with Gasteiger partial charge in [-0.3, -0.25) is 18.6 Å². The molecule has 0 rings (SSSR count). The van der Waals surface area contributed by atoms with Crippen molar-refractivity contribution in [3.8, 4) is 0 Å². The number of phosphoric acid groups is 1. The van der Waals surface area contributed by atoms with Crippen molar-refractivity contribution < 1.29 is 37.6 Å². The standard InChI is InChI=1S/C43H82NO8P/c1-3-5-7-9-11-13-15-17-19-20-22-24-26-28-30-32-34-36-43(46)52-41(40-51-53(47,48)50-38-37-44)39-49-42(45)35-33-31-29-27-25-23-21-18-16-14-12-10-8-6-4-2/h12,14,18,21,41H,3-11,13,15-17,19-20,22-40,44H2,1-2H3,(H,47,48)/t41-/m1/s1. The predicted octanol–water partition coefficient (Wildman–Crippen LogP) is 12.4. The monoisotopic (exact) mass is 772 g/mol. The molecule has 0 spiro atoms. The van der Waals surface area contributed by atoms with E-state index in [-0.39, 0.29) is 32.6 Å². The lowest BCUT2D eigenvalue weighted by molar-refractivity contribution is -0.161. The number of esters is 2. The first-order valence-electron chi connectivity index (χ1n) is 21.8. The Bertz CT molecular complexity index is 928. The Kier molecular flexibility index (Phi) is 39.0. The van der Waals surface area contributed by atoms with Gasteiger partial charge in [0.05, 0.1) is 13.2 Å². The molecule has 0 amide bonds. The molecule has 0 aromatic rings. The molecule has 0 aliphatic heterocycles. The van der Waals surface area contributed by atoms with Crippen molar-refractivity contribution in [1.82, 2.24) is 0 Å². The van der Waals surface area contributed by atoms with E-state index in [4.69, 9.17) is 24.3 Å².